The second-order valence-electron chi connectivity index (χ2n) is 6.48. The number of ether oxygens (including phenoxy) is 1. The fourth-order valence-corrected chi connectivity index (χ4v) is 3.37. The number of hydrogen-bond donors (Lipinski definition) is 3. The molecule has 2 heterocycles. The highest BCUT2D eigenvalue weighted by Crippen LogP contribution is 2.28. The second-order valence-corrected chi connectivity index (χ2v) is 6.48. The maximum atomic E-state index is 12.3. The minimum absolute atomic E-state index is 0.00629. The third-order valence-electron chi connectivity index (χ3n) is 4.77. The molecule has 5 heteroatoms. The van der Waals surface area contributed by atoms with E-state index in [0.717, 1.165) is 44.5 Å². The maximum Gasteiger partial charge on any atom is 0.315 e. The van der Waals surface area contributed by atoms with Gasteiger partial charge in [-0.05, 0) is 31.4 Å². The quantitative estimate of drug-likeness (QED) is 0.702. The van der Waals surface area contributed by atoms with E-state index in [0.29, 0.717) is 19.1 Å². The van der Waals surface area contributed by atoms with Gasteiger partial charge in [0.2, 0.25) is 0 Å². The summed E-state index contributed by atoms with van der Waals surface area (Å²) in [6.07, 6.45) is 5.22. The van der Waals surface area contributed by atoms with Crippen molar-refractivity contribution in [2.75, 3.05) is 32.8 Å². The van der Waals surface area contributed by atoms with Gasteiger partial charge in [-0.2, -0.15) is 0 Å². The zero-order valence-corrected chi connectivity index (χ0v) is 14.1. The second kappa shape index (κ2) is 8.85. The summed E-state index contributed by atoms with van der Waals surface area (Å²) in [4.78, 5) is 12.3. The van der Waals surface area contributed by atoms with Crippen molar-refractivity contribution < 1.29 is 9.53 Å². The van der Waals surface area contributed by atoms with Gasteiger partial charge < -0.3 is 20.7 Å². The van der Waals surface area contributed by atoms with Crippen LogP contribution in [0.1, 0.15) is 30.9 Å². The predicted octanol–water partition coefficient (Wildman–Crippen LogP) is 2.37. The number of amides is 2. The van der Waals surface area contributed by atoms with Crippen LogP contribution in [0.2, 0.25) is 0 Å². The number of carbonyl (C=O) groups excluding carboxylic acids is 1. The Morgan fingerprint density at radius 2 is 2.21 bits per heavy atom. The standard InChI is InChI=1S/C19H27N3O2/c23-19(21-12-8-15-6-10-20-11-7-15)22-18(17-9-13-24-14-17)16-4-2-1-3-5-16/h1-6,17-18,20H,7-14H2,(H2,21,22,23). The largest absolute Gasteiger partial charge is 0.381 e. The molecule has 1 aromatic carbocycles. The van der Waals surface area contributed by atoms with Crippen LogP contribution in [-0.2, 0) is 4.74 Å². The van der Waals surface area contributed by atoms with E-state index in [1.807, 2.05) is 18.2 Å². The Morgan fingerprint density at radius 3 is 2.92 bits per heavy atom. The van der Waals surface area contributed by atoms with Gasteiger partial charge in [0, 0.05) is 25.6 Å². The summed E-state index contributed by atoms with van der Waals surface area (Å²) in [7, 11) is 0. The number of hydrogen-bond acceptors (Lipinski definition) is 3. The van der Waals surface area contributed by atoms with Crippen LogP contribution in [0.15, 0.2) is 42.0 Å². The van der Waals surface area contributed by atoms with Crippen molar-refractivity contribution in [3.05, 3.63) is 47.5 Å². The number of urea groups is 1. The minimum atomic E-state index is -0.0923. The van der Waals surface area contributed by atoms with Crippen LogP contribution in [-0.4, -0.2) is 38.9 Å². The lowest BCUT2D eigenvalue weighted by atomic mass is 9.92. The van der Waals surface area contributed by atoms with Gasteiger partial charge in [0.05, 0.1) is 12.6 Å². The van der Waals surface area contributed by atoms with Crippen LogP contribution < -0.4 is 16.0 Å². The van der Waals surface area contributed by atoms with Crippen molar-refractivity contribution in [2.45, 2.75) is 25.3 Å². The Labute approximate surface area is 143 Å². The number of benzene rings is 1. The lowest BCUT2D eigenvalue weighted by molar-refractivity contribution is 0.176. The summed E-state index contributed by atoms with van der Waals surface area (Å²) < 4.78 is 5.52. The van der Waals surface area contributed by atoms with Crippen molar-refractivity contribution in [1.29, 1.82) is 0 Å². The van der Waals surface area contributed by atoms with Crippen LogP contribution in [0, 0.1) is 5.92 Å². The smallest absolute Gasteiger partial charge is 0.315 e. The molecule has 130 valence electrons. The first-order valence-corrected chi connectivity index (χ1v) is 8.88. The van der Waals surface area contributed by atoms with E-state index in [1.54, 1.807) is 0 Å². The molecule has 24 heavy (non-hydrogen) atoms. The monoisotopic (exact) mass is 329 g/mol. The van der Waals surface area contributed by atoms with Gasteiger partial charge >= 0.3 is 6.03 Å². The molecule has 1 saturated heterocycles. The van der Waals surface area contributed by atoms with Crippen molar-refractivity contribution in [3.8, 4) is 0 Å². The average Bonchev–Trinajstić information content (AvgIpc) is 3.16. The van der Waals surface area contributed by atoms with E-state index < -0.39 is 0 Å². The van der Waals surface area contributed by atoms with Gasteiger partial charge in [0.1, 0.15) is 0 Å². The van der Waals surface area contributed by atoms with Crippen molar-refractivity contribution >= 4 is 6.03 Å². The third kappa shape index (κ3) is 4.82. The molecule has 0 spiro atoms. The van der Waals surface area contributed by atoms with E-state index in [-0.39, 0.29) is 12.1 Å². The lowest BCUT2D eigenvalue weighted by Crippen LogP contribution is -2.41. The van der Waals surface area contributed by atoms with Gasteiger partial charge in [-0.1, -0.05) is 42.0 Å². The Hall–Kier alpha value is -1.85. The molecule has 0 radical (unpaired) electrons. The molecule has 0 saturated carbocycles. The molecule has 1 aromatic rings. The van der Waals surface area contributed by atoms with E-state index in [2.05, 4.69) is 34.2 Å². The van der Waals surface area contributed by atoms with Crippen molar-refractivity contribution in [3.63, 3.8) is 0 Å². The molecule has 2 aliphatic heterocycles. The molecule has 0 aliphatic carbocycles. The van der Waals surface area contributed by atoms with Crippen LogP contribution in [0.25, 0.3) is 0 Å². The summed E-state index contributed by atoms with van der Waals surface area (Å²) >= 11 is 0. The summed E-state index contributed by atoms with van der Waals surface area (Å²) in [5, 5.41) is 9.45. The molecule has 2 atom stereocenters. The molecule has 2 amide bonds. The first-order valence-electron chi connectivity index (χ1n) is 8.88. The molecule has 2 aliphatic rings. The van der Waals surface area contributed by atoms with E-state index in [4.69, 9.17) is 4.74 Å². The normalized spacial score (nSPS) is 21.8. The molecular formula is C19H27N3O2. The van der Waals surface area contributed by atoms with Gasteiger partial charge in [-0.3, -0.25) is 0 Å². The molecule has 5 nitrogen and oxygen atoms in total. The fourth-order valence-electron chi connectivity index (χ4n) is 3.37. The van der Waals surface area contributed by atoms with Gasteiger partial charge in [0.25, 0.3) is 0 Å². The molecule has 0 bridgehead atoms. The first kappa shape index (κ1) is 17.0. The predicted molar refractivity (Wildman–Crippen MR) is 94.8 cm³/mol. The fraction of sp³-hybridized carbons (Fsp3) is 0.526. The maximum absolute atomic E-state index is 12.3. The minimum Gasteiger partial charge on any atom is -0.381 e. The SMILES string of the molecule is O=C(NCCC1=CCNCC1)NC(c1ccccc1)C1CCOC1. The van der Waals surface area contributed by atoms with Crippen LogP contribution in [0.5, 0.6) is 0 Å². The summed E-state index contributed by atoms with van der Waals surface area (Å²) in [6, 6.07) is 10.1. The van der Waals surface area contributed by atoms with Gasteiger partial charge in [-0.15, -0.1) is 0 Å². The van der Waals surface area contributed by atoms with Crippen LogP contribution >= 0.6 is 0 Å². The highest BCUT2D eigenvalue weighted by atomic mass is 16.5. The third-order valence-corrected chi connectivity index (χ3v) is 4.77. The average molecular weight is 329 g/mol. The van der Waals surface area contributed by atoms with Gasteiger partial charge in [0.15, 0.2) is 0 Å². The molecule has 0 aromatic heterocycles. The number of rotatable bonds is 6. The highest BCUT2D eigenvalue weighted by molar-refractivity contribution is 5.74. The first-order chi connectivity index (χ1) is 11.8. The summed E-state index contributed by atoms with van der Waals surface area (Å²) in [6.45, 7) is 4.15. The summed E-state index contributed by atoms with van der Waals surface area (Å²) in [5.74, 6) is 0.338. The Balaban J connectivity index is 1.52. The lowest BCUT2D eigenvalue weighted by Gasteiger charge is -2.24. The van der Waals surface area contributed by atoms with E-state index >= 15 is 0 Å². The molecular weight excluding hydrogens is 302 g/mol. The van der Waals surface area contributed by atoms with Crippen LogP contribution in [0.3, 0.4) is 0 Å². The summed E-state index contributed by atoms with van der Waals surface area (Å²) in [5.41, 5.74) is 2.57. The van der Waals surface area contributed by atoms with E-state index in [1.165, 1.54) is 5.57 Å². The van der Waals surface area contributed by atoms with E-state index in [9.17, 15) is 4.79 Å². The molecule has 1 fully saturated rings. The Morgan fingerprint density at radius 1 is 1.33 bits per heavy atom. The zero-order chi connectivity index (χ0) is 16.6. The molecule has 2 unspecified atom stereocenters. The Kier molecular flexibility index (Phi) is 6.26. The van der Waals surface area contributed by atoms with Crippen molar-refractivity contribution in [2.24, 2.45) is 5.92 Å². The van der Waals surface area contributed by atoms with Gasteiger partial charge in [-0.25, -0.2) is 4.79 Å². The van der Waals surface area contributed by atoms with Crippen molar-refractivity contribution in [1.82, 2.24) is 16.0 Å². The number of carbonyl (C=O) groups is 1. The molecule has 3 rings (SSSR count). The Bertz CT molecular complexity index is 553. The van der Waals surface area contributed by atoms with Crippen LogP contribution in [0.4, 0.5) is 4.79 Å². The number of nitrogens with one attached hydrogen (secondary N) is 3. The zero-order valence-electron chi connectivity index (χ0n) is 14.1. The molecule has 3 N–H and O–H groups in total. The highest BCUT2D eigenvalue weighted by Gasteiger charge is 2.28. The topological polar surface area (TPSA) is 62.4 Å².